The third-order valence-corrected chi connectivity index (χ3v) is 6.86. The van der Waals surface area contributed by atoms with Crippen LogP contribution in [0.1, 0.15) is 96.0 Å². The van der Waals surface area contributed by atoms with Gasteiger partial charge in [-0.1, -0.05) is 77.9 Å². The normalized spacial score (nSPS) is 11.8. The van der Waals surface area contributed by atoms with Gasteiger partial charge in [0.1, 0.15) is 13.9 Å². The fraction of sp³-hybridized carbons (Fsp3) is 0.783. The topological polar surface area (TPSA) is 30.2 Å². The molecule has 0 amide bonds. The van der Waals surface area contributed by atoms with Crippen LogP contribution in [0.15, 0.2) is 16.7 Å². The van der Waals surface area contributed by atoms with Crippen molar-refractivity contribution in [2.75, 3.05) is 0 Å². The predicted molar refractivity (Wildman–Crippen MR) is 116 cm³/mol. The van der Waals surface area contributed by atoms with E-state index in [0.717, 1.165) is 38.5 Å². The minimum atomic E-state index is -1.33. The van der Waals surface area contributed by atoms with Crippen molar-refractivity contribution < 1.29 is 9.21 Å². The van der Waals surface area contributed by atoms with Crippen molar-refractivity contribution in [2.45, 2.75) is 116 Å². The molecule has 2 nitrogen and oxygen atoms in total. The van der Waals surface area contributed by atoms with Crippen LogP contribution in [0.3, 0.4) is 0 Å². The van der Waals surface area contributed by atoms with E-state index in [2.05, 4.69) is 32.6 Å². The van der Waals surface area contributed by atoms with Gasteiger partial charge in [-0.3, -0.25) is 4.79 Å². The zero-order chi connectivity index (χ0) is 19.3. The molecule has 1 aromatic rings. The second kappa shape index (κ2) is 13.4. The van der Waals surface area contributed by atoms with Crippen molar-refractivity contribution in [1.82, 2.24) is 0 Å². The molecule has 0 bridgehead atoms. The largest absolute Gasteiger partial charge is 0.474 e. The predicted octanol–water partition coefficient (Wildman–Crippen LogP) is 7.03. The van der Waals surface area contributed by atoms with E-state index in [1.165, 1.54) is 62.3 Å². The molecule has 0 unspecified atom stereocenters. The summed E-state index contributed by atoms with van der Waals surface area (Å²) in [6.45, 7) is 9.18. The van der Waals surface area contributed by atoms with Gasteiger partial charge in [-0.05, 0) is 37.3 Å². The molecule has 1 aromatic heterocycles. The highest BCUT2D eigenvalue weighted by molar-refractivity contribution is 6.87. The summed E-state index contributed by atoms with van der Waals surface area (Å²) < 4.78 is 5.71. The van der Waals surface area contributed by atoms with Crippen LogP contribution < -0.4 is 5.38 Å². The molecule has 0 saturated heterocycles. The van der Waals surface area contributed by atoms with E-state index in [9.17, 15) is 4.79 Å². The van der Waals surface area contributed by atoms with Crippen LogP contribution in [-0.2, 0) is 11.2 Å². The summed E-state index contributed by atoms with van der Waals surface area (Å²) in [5.74, 6) is 0.461. The van der Waals surface area contributed by atoms with Crippen molar-refractivity contribution in [2.24, 2.45) is 0 Å². The molecule has 0 radical (unpaired) electrons. The van der Waals surface area contributed by atoms with Crippen LogP contribution in [0.5, 0.6) is 0 Å². The molecule has 0 atom stereocenters. The van der Waals surface area contributed by atoms with Gasteiger partial charge in [0.05, 0.1) is 11.6 Å². The minimum absolute atomic E-state index is 0.461. The maximum Gasteiger partial charge on any atom is 0.132 e. The SMILES string of the molecule is CCCCCCCCCCCC(=O)CCCCc1coc([Si](C)(C)C)c1. The monoisotopic (exact) mass is 378 g/mol. The first-order valence-corrected chi connectivity index (χ1v) is 14.5. The molecule has 0 spiro atoms. The Bertz CT molecular complexity index is 485. The first-order chi connectivity index (χ1) is 12.4. The smallest absolute Gasteiger partial charge is 0.132 e. The number of ketones is 1. The van der Waals surface area contributed by atoms with Crippen molar-refractivity contribution >= 4 is 19.2 Å². The minimum Gasteiger partial charge on any atom is -0.474 e. The summed E-state index contributed by atoms with van der Waals surface area (Å²) in [4.78, 5) is 12.0. The maximum absolute atomic E-state index is 12.0. The molecule has 0 aliphatic rings. The molecule has 1 rings (SSSR count). The van der Waals surface area contributed by atoms with E-state index in [1.807, 2.05) is 6.26 Å². The highest BCUT2D eigenvalue weighted by Gasteiger charge is 2.20. The number of hydrogen-bond donors (Lipinski definition) is 0. The molecule has 0 fully saturated rings. The molecule has 1 heterocycles. The van der Waals surface area contributed by atoms with Crippen molar-refractivity contribution in [3.05, 3.63) is 17.9 Å². The van der Waals surface area contributed by atoms with Gasteiger partial charge in [-0.2, -0.15) is 0 Å². The first-order valence-electron chi connectivity index (χ1n) is 11.0. The molecule has 3 heteroatoms. The Morgan fingerprint density at radius 3 is 1.92 bits per heavy atom. The van der Waals surface area contributed by atoms with E-state index < -0.39 is 8.07 Å². The molecular weight excluding hydrogens is 336 g/mol. The van der Waals surface area contributed by atoms with Crippen LogP contribution in [-0.4, -0.2) is 13.9 Å². The molecule has 0 saturated carbocycles. The number of unbranched alkanes of at least 4 members (excludes halogenated alkanes) is 9. The quantitative estimate of drug-likeness (QED) is 0.228. The Balaban J connectivity index is 1.96. The molecule has 0 aromatic carbocycles. The average molecular weight is 379 g/mol. The molecular formula is C23H42O2Si. The number of carbonyl (C=O) groups is 1. The fourth-order valence-corrected chi connectivity index (χ4v) is 4.34. The fourth-order valence-electron chi connectivity index (χ4n) is 3.31. The first kappa shape index (κ1) is 23.2. The van der Waals surface area contributed by atoms with E-state index in [-0.39, 0.29) is 0 Å². The Morgan fingerprint density at radius 1 is 0.846 bits per heavy atom. The van der Waals surface area contributed by atoms with Gasteiger partial charge < -0.3 is 4.42 Å². The average Bonchev–Trinajstić information content (AvgIpc) is 3.06. The third-order valence-electron chi connectivity index (χ3n) is 5.12. The summed E-state index contributed by atoms with van der Waals surface area (Å²) in [7, 11) is -1.33. The highest BCUT2D eigenvalue weighted by atomic mass is 28.3. The second-order valence-electron chi connectivity index (χ2n) is 8.89. The van der Waals surface area contributed by atoms with Gasteiger partial charge >= 0.3 is 0 Å². The summed E-state index contributed by atoms with van der Waals surface area (Å²) in [6, 6.07) is 2.23. The Labute approximate surface area is 163 Å². The summed E-state index contributed by atoms with van der Waals surface area (Å²) in [5.41, 5.74) is 1.30. The van der Waals surface area contributed by atoms with E-state index in [4.69, 9.17) is 4.42 Å². The van der Waals surface area contributed by atoms with Crippen LogP contribution in [0, 0.1) is 0 Å². The van der Waals surface area contributed by atoms with Gasteiger partial charge in [0.25, 0.3) is 0 Å². The third kappa shape index (κ3) is 11.0. The van der Waals surface area contributed by atoms with Crippen LogP contribution in [0.4, 0.5) is 0 Å². The number of furan rings is 1. The molecule has 150 valence electrons. The molecule has 0 aliphatic carbocycles. The standard InChI is InChI=1S/C23H42O2Si/c1-5-6-7-8-9-10-11-12-13-17-22(24)18-15-14-16-21-19-23(25-20-21)26(2,3)4/h19-20H,5-18H2,1-4H3. The van der Waals surface area contributed by atoms with Gasteiger partial charge in [0, 0.05) is 12.8 Å². The molecule has 26 heavy (non-hydrogen) atoms. The summed E-state index contributed by atoms with van der Waals surface area (Å²) >= 11 is 0. The van der Waals surface area contributed by atoms with Crippen LogP contribution in [0.25, 0.3) is 0 Å². The number of rotatable bonds is 16. The van der Waals surface area contributed by atoms with Crippen LogP contribution in [0.2, 0.25) is 19.6 Å². The zero-order valence-corrected chi connectivity index (χ0v) is 18.9. The van der Waals surface area contributed by atoms with Crippen molar-refractivity contribution in [3.8, 4) is 0 Å². The number of aryl methyl sites for hydroxylation is 1. The maximum atomic E-state index is 12.0. The van der Waals surface area contributed by atoms with E-state index in [1.54, 1.807) is 0 Å². The lowest BCUT2D eigenvalue weighted by molar-refractivity contribution is -0.119. The Hall–Kier alpha value is -0.833. The highest BCUT2D eigenvalue weighted by Crippen LogP contribution is 2.13. The van der Waals surface area contributed by atoms with Gasteiger partial charge in [-0.25, -0.2) is 0 Å². The zero-order valence-electron chi connectivity index (χ0n) is 17.9. The lowest BCUT2D eigenvalue weighted by atomic mass is 10.0. The van der Waals surface area contributed by atoms with E-state index in [0.29, 0.717) is 5.78 Å². The van der Waals surface area contributed by atoms with Gasteiger partial charge in [0.2, 0.25) is 0 Å². The van der Waals surface area contributed by atoms with Crippen molar-refractivity contribution in [3.63, 3.8) is 0 Å². The van der Waals surface area contributed by atoms with Gasteiger partial charge in [-0.15, -0.1) is 0 Å². The number of hydrogen-bond acceptors (Lipinski definition) is 2. The molecule has 0 N–H and O–H groups in total. The van der Waals surface area contributed by atoms with E-state index >= 15 is 0 Å². The Morgan fingerprint density at radius 2 is 1.38 bits per heavy atom. The summed E-state index contributed by atoms with van der Waals surface area (Å²) in [6.07, 6.45) is 18.5. The Kier molecular flexibility index (Phi) is 11.9. The lowest BCUT2D eigenvalue weighted by Gasteiger charge is -2.10. The van der Waals surface area contributed by atoms with Gasteiger partial charge in [0.15, 0.2) is 0 Å². The number of Topliss-reactive ketones (excluding diaryl/α,β-unsaturated/α-hetero) is 1. The van der Waals surface area contributed by atoms with Crippen molar-refractivity contribution in [1.29, 1.82) is 0 Å². The summed E-state index contributed by atoms with van der Waals surface area (Å²) in [5, 5.41) is 1.19. The lowest BCUT2D eigenvalue weighted by Crippen LogP contribution is -2.36. The van der Waals surface area contributed by atoms with Crippen LogP contribution >= 0.6 is 0 Å². The number of carbonyl (C=O) groups excluding carboxylic acids is 1. The second-order valence-corrected chi connectivity index (χ2v) is 13.9. The molecule has 0 aliphatic heterocycles.